The highest BCUT2D eigenvalue weighted by Crippen LogP contribution is 2.20. The lowest BCUT2D eigenvalue weighted by Crippen LogP contribution is -2.39. The molecular weight excluding hydrogens is 364 g/mol. The number of hydrogen-bond donors (Lipinski definition) is 2. The fraction of sp³-hybridized carbons (Fsp3) is 0.400. The molecule has 0 bridgehead atoms. The van der Waals surface area contributed by atoms with Crippen LogP contribution in [0.2, 0.25) is 5.02 Å². The van der Waals surface area contributed by atoms with E-state index < -0.39 is 0 Å². The second kappa shape index (κ2) is 9.58. The van der Waals surface area contributed by atoms with Crippen molar-refractivity contribution in [1.82, 2.24) is 15.6 Å². The summed E-state index contributed by atoms with van der Waals surface area (Å²) in [7, 11) is 0. The van der Waals surface area contributed by atoms with Crippen LogP contribution < -0.4 is 15.5 Å². The van der Waals surface area contributed by atoms with E-state index in [1.807, 2.05) is 43.3 Å². The van der Waals surface area contributed by atoms with Crippen LogP contribution in [0.1, 0.15) is 30.5 Å². The van der Waals surface area contributed by atoms with Gasteiger partial charge in [0.15, 0.2) is 0 Å². The minimum atomic E-state index is -0.200. The van der Waals surface area contributed by atoms with Gasteiger partial charge in [-0.2, -0.15) is 0 Å². The number of carbonyl (C=O) groups is 1. The minimum Gasteiger partial charge on any atom is -0.378 e. The van der Waals surface area contributed by atoms with Crippen LogP contribution in [0.5, 0.6) is 0 Å². The van der Waals surface area contributed by atoms with E-state index in [4.69, 9.17) is 16.3 Å². The Morgan fingerprint density at radius 1 is 1.26 bits per heavy atom. The van der Waals surface area contributed by atoms with Gasteiger partial charge in [0, 0.05) is 36.4 Å². The molecule has 1 atom stereocenters. The molecule has 1 saturated heterocycles. The highest BCUT2D eigenvalue weighted by molar-refractivity contribution is 6.30. The third-order valence-electron chi connectivity index (χ3n) is 4.60. The lowest BCUT2D eigenvalue weighted by Gasteiger charge is -2.29. The van der Waals surface area contributed by atoms with Gasteiger partial charge in [0.2, 0.25) is 0 Å². The van der Waals surface area contributed by atoms with Gasteiger partial charge in [0.25, 0.3) is 0 Å². The third-order valence-corrected chi connectivity index (χ3v) is 4.86. The molecule has 0 radical (unpaired) electrons. The quantitative estimate of drug-likeness (QED) is 0.794. The zero-order valence-electron chi connectivity index (χ0n) is 15.5. The van der Waals surface area contributed by atoms with E-state index in [0.717, 1.165) is 36.5 Å². The Bertz CT molecular complexity index is 748. The number of halogens is 1. The fourth-order valence-electron chi connectivity index (χ4n) is 3.13. The number of pyridine rings is 1. The van der Waals surface area contributed by atoms with Gasteiger partial charge < -0.3 is 20.3 Å². The molecule has 144 valence electrons. The third kappa shape index (κ3) is 5.34. The zero-order valence-corrected chi connectivity index (χ0v) is 16.2. The van der Waals surface area contributed by atoms with Crippen molar-refractivity contribution in [3.05, 3.63) is 58.7 Å². The van der Waals surface area contributed by atoms with Gasteiger partial charge in [-0.25, -0.2) is 9.78 Å². The van der Waals surface area contributed by atoms with Crippen LogP contribution >= 0.6 is 11.6 Å². The van der Waals surface area contributed by atoms with Gasteiger partial charge in [0.1, 0.15) is 5.82 Å². The molecule has 2 amide bonds. The molecule has 3 rings (SSSR count). The maximum absolute atomic E-state index is 12.4. The lowest BCUT2D eigenvalue weighted by molar-refractivity contribution is 0.122. The van der Waals surface area contributed by atoms with Crippen molar-refractivity contribution < 1.29 is 9.53 Å². The SMILES string of the molecule is CCC(NC(=O)NCc1cccnc1N1CCOCC1)c1ccc(Cl)cc1. The average molecular weight is 389 g/mol. The highest BCUT2D eigenvalue weighted by atomic mass is 35.5. The first-order valence-electron chi connectivity index (χ1n) is 9.23. The summed E-state index contributed by atoms with van der Waals surface area (Å²) in [6.07, 6.45) is 2.57. The van der Waals surface area contributed by atoms with Gasteiger partial charge in [-0.15, -0.1) is 0 Å². The van der Waals surface area contributed by atoms with Crippen LogP contribution in [0.25, 0.3) is 0 Å². The predicted octanol–water partition coefficient (Wildman–Crippen LogP) is 3.52. The molecular formula is C20H25ClN4O2. The fourth-order valence-corrected chi connectivity index (χ4v) is 3.26. The van der Waals surface area contributed by atoms with Crippen LogP contribution in [0.4, 0.5) is 10.6 Å². The van der Waals surface area contributed by atoms with Gasteiger partial charge in [0.05, 0.1) is 19.3 Å². The van der Waals surface area contributed by atoms with Gasteiger partial charge in [-0.1, -0.05) is 36.7 Å². The van der Waals surface area contributed by atoms with Gasteiger partial charge >= 0.3 is 6.03 Å². The van der Waals surface area contributed by atoms with E-state index in [2.05, 4.69) is 20.5 Å². The number of rotatable bonds is 6. The summed E-state index contributed by atoms with van der Waals surface area (Å²) in [6, 6.07) is 11.2. The largest absolute Gasteiger partial charge is 0.378 e. The number of urea groups is 1. The van der Waals surface area contributed by atoms with Crippen molar-refractivity contribution in [1.29, 1.82) is 0 Å². The van der Waals surface area contributed by atoms with E-state index in [-0.39, 0.29) is 12.1 Å². The standard InChI is InChI=1S/C20H25ClN4O2/c1-2-18(15-5-7-17(21)8-6-15)24-20(26)23-14-16-4-3-9-22-19(16)25-10-12-27-13-11-25/h3-9,18H,2,10-14H2,1H3,(H2,23,24,26). The number of hydrogen-bond acceptors (Lipinski definition) is 4. The molecule has 0 saturated carbocycles. The second-order valence-corrected chi connectivity index (χ2v) is 6.86. The van der Waals surface area contributed by atoms with Crippen molar-refractivity contribution in [2.45, 2.75) is 25.9 Å². The number of ether oxygens (including phenoxy) is 1. The summed E-state index contributed by atoms with van der Waals surface area (Å²) in [5.74, 6) is 0.908. The molecule has 1 aliphatic rings. The molecule has 7 heteroatoms. The predicted molar refractivity (Wildman–Crippen MR) is 107 cm³/mol. The summed E-state index contributed by atoms with van der Waals surface area (Å²) in [5, 5.41) is 6.66. The Hall–Kier alpha value is -2.31. The Kier molecular flexibility index (Phi) is 6.90. The van der Waals surface area contributed by atoms with E-state index in [1.54, 1.807) is 6.20 Å². The number of aromatic nitrogens is 1. The van der Waals surface area contributed by atoms with Crippen molar-refractivity contribution in [3.8, 4) is 0 Å². The molecule has 0 spiro atoms. The summed E-state index contributed by atoms with van der Waals surface area (Å²) in [5.41, 5.74) is 2.03. The Labute approximate surface area is 164 Å². The molecule has 2 aromatic rings. The number of benzene rings is 1. The minimum absolute atomic E-state index is 0.0603. The van der Waals surface area contributed by atoms with E-state index in [9.17, 15) is 4.79 Å². The summed E-state index contributed by atoms with van der Waals surface area (Å²) < 4.78 is 5.41. The van der Waals surface area contributed by atoms with E-state index >= 15 is 0 Å². The molecule has 6 nitrogen and oxygen atoms in total. The van der Waals surface area contributed by atoms with Crippen molar-refractivity contribution in [3.63, 3.8) is 0 Å². The smallest absolute Gasteiger partial charge is 0.315 e. The summed E-state index contributed by atoms with van der Waals surface area (Å²) >= 11 is 5.94. The normalized spacial score (nSPS) is 15.3. The summed E-state index contributed by atoms with van der Waals surface area (Å²) in [6.45, 7) is 5.47. The first kappa shape index (κ1) is 19.5. The molecule has 0 aliphatic carbocycles. The Morgan fingerprint density at radius 3 is 2.70 bits per heavy atom. The molecule has 1 fully saturated rings. The molecule has 27 heavy (non-hydrogen) atoms. The maximum Gasteiger partial charge on any atom is 0.315 e. The topological polar surface area (TPSA) is 66.5 Å². The second-order valence-electron chi connectivity index (χ2n) is 6.42. The van der Waals surface area contributed by atoms with Crippen LogP contribution in [0.3, 0.4) is 0 Å². The lowest BCUT2D eigenvalue weighted by atomic mass is 10.1. The monoisotopic (exact) mass is 388 g/mol. The van der Waals surface area contributed by atoms with E-state index in [0.29, 0.717) is 24.8 Å². The van der Waals surface area contributed by atoms with Crippen LogP contribution in [0, 0.1) is 0 Å². The molecule has 2 heterocycles. The van der Waals surface area contributed by atoms with Crippen molar-refractivity contribution >= 4 is 23.4 Å². The van der Waals surface area contributed by atoms with E-state index in [1.165, 1.54) is 0 Å². The first-order chi connectivity index (χ1) is 13.2. The van der Waals surface area contributed by atoms with Crippen molar-refractivity contribution in [2.24, 2.45) is 0 Å². The average Bonchev–Trinajstić information content (AvgIpc) is 2.72. The number of nitrogens with zero attached hydrogens (tertiary/aromatic N) is 2. The number of anilines is 1. The van der Waals surface area contributed by atoms with Crippen LogP contribution in [-0.4, -0.2) is 37.3 Å². The molecule has 2 N–H and O–H groups in total. The molecule has 1 aliphatic heterocycles. The number of amides is 2. The zero-order chi connectivity index (χ0) is 19.1. The van der Waals surface area contributed by atoms with Crippen LogP contribution in [-0.2, 0) is 11.3 Å². The number of morpholine rings is 1. The molecule has 1 aromatic carbocycles. The number of nitrogens with one attached hydrogen (secondary N) is 2. The van der Waals surface area contributed by atoms with Crippen molar-refractivity contribution in [2.75, 3.05) is 31.2 Å². The number of carbonyl (C=O) groups excluding carboxylic acids is 1. The van der Waals surface area contributed by atoms with Crippen LogP contribution in [0.15, 0.2) is 42.6 Å². The summed E-state index contributed by atoms with van der Waals surface area (Å²) in [4.78, 5) is 19.1. The maximum atomic E-state index is 12.4. The van der Waals surface area contributed by atoms with Gasteiger partial charge in [-0.3, -0.25) is 0 Å². The highest BCUT2D eigenvalue weighted by Gasteiger charge is 2.17. The Balaban J connectivity index is 1.59. The molecule has 1 aromatic heterocycles. The Morgan fingerprint density at radius 2 is 2.00 bits per heavy atom. The molecule has 1 unspecified atom stereocenters. The van der Waals surface area contributed by atoms with Gasteiger partial charge in [-0.05, 0) is 30.2 Å². The first-order valence-corrected chi connectivity index (χ1v) is 9.61.